The van der Waals surface area contributed by atoms with Crippen LogP contribution in [-0.2, 0) is 9.53 Å². The SMILES string of the molecule is C[C@]12CC[C@](N)(O)C[C@H]1CC[C@@H]1[C@@H]2CC[C@]2(C)[C@@H](C3=CC(=O)OC3)CC[C@]12O. The molecule has 0 amide bonds. The van der Waals surface area contributed by atoms with Crippen molar-refractivity contribution in [3.63, 3.8) is 0 Å². The second-order valence-electron chi connectivity index (χ2n) is 11.1. The lowest BCUT2D eigenvalue weighted by Gasteiger charge is -2.64. The van der Waals surface area contributed by atoms with E-state index in [0.717, 1.165) is 50.5 Å². The zero-order chi connectivity index (χ0) is 19.9. The van der Waals surface area contributed by atoms with E-state index < -0.39 is 11.3 Å². The Balaban J connectivity index is 1.46. The molecular formula is C23H35NO4. The van der Waals surface area contributed by atoms with Gasteiger partial charge in [0.2, 0.25) is 0 Å². The molecule has 8 atom stereocenters. The van der Waals surface area contributed by atoms with Gasteiger partial charge in [-0.2, -0.15) is 0 Å². The molecule has 0 radical (unpaired) electrons. The van der Waals surface area contributed by atoms with E-state index in [0.29, 0.717) is 37.2 Å². The van der Waals surface area contributed by atoms with Gasteiger partial charge in [0, 0.05) is 11.5 Å². The first-order valence-corrected chi connectivity index (χ1v) is 11.2. The van der Waals surface area contributed by atoms with Crippen molar-refractivity contribution in [3.8, 4) is 0 Å². The summed E-state index contributed by atoms with van der Waals surface area (Å²) in [5.41, 5.74) is 5.49. The number of hydrogen-bond donors (Lipinski definition) is 3. The Morgan fingerprint density at radius 3 is 2.54 bits per heavy atom. The summed E-state index contributed by atoms with van der Waals surface area (Å²) in [5, 5.41) is 22.6. The highest BCUT2D eigenvalue weighted by Crippen LogP contribution is 2.70. The third-order valence-electron chi connectivity index (χ3n) is 10.1. The van der Waals surface area contributed by atoms with Gasteiger partial charge < -0.3 is 20.7 Å². The van der Waals surface area contributed by atoms with Crippen molar-refractivity contribution in [1.29, 1.82) is 0 Å². The number of fused-ring (bicyclic) bond motifs is 5. The number of aliphatic hydroxyl groups is 2. The van der Waals surface area contributed by atoms with Crippen LogP contribution in [0.5, 0.6) is 0 Å². The van der Waals surface area contributed by atoms with Crippen LogP contribution in [-0.4, -0.2) is 34.1 Å². The van der Waals surface area contributed by atoms with Gasteiger partial charge in [-0.05, 0) is 92.4 Å². The Kier molecular flexibility index (Phi) is 3.97. The van der Waals surface area contributed by atoms with Gasteiger partial charge >= 0.3 is 5.97 Å². The fourth-order valence-corrected chi connectivity index (χ4v) is 8.43. The molecule has 5 nitrogen and oxygen atoms in total. The number of hydrogen-bond acceptors (Lipinski definition) is 5. The predicted molar refractivity (Wildman–Crippen MR) is 105 cm³/mol. The second kappa shape index (κ2) is 5.83. The normalized spacial score (nSPS) is 55.8. The summed E-state index contributed by atoms with van der Waals surface area (Å²) in [7, 11) is 0. The highest BCUT2D eigenvalue weighted by Gasteiger charge is 2.68. The average Bonchev–Trinajstić information content (AvgIpc) is 3.16. The van der Waals surface area contributed by atoms with E-state index in [-0.39, 0.29) is 22.7 Å². The first-order chi connectivity index (χ1) is 13.1. The summed E-state index contributed by atoms with van der Waals surface area (Å²) in [6.07, 6.45) is 9.94. The van der Waals surface area contributed by atoms with Crippen molar-refractivity contribution < 1.29 is 19.7 Å². The molecule has 4 aliphatic carbocycles. The molecule has 0 aromatic heterocycles. The smallest absolute Gasteiger partial charge is 0.331 e. The molecule has 5 rings (SSSR count). The lowest BCUT2D eigenvalue weighted by atomic mass is 9.43. The first kappa shape index (κ1) is 19.1. The molecule has 5 aliphatic rings. The van der Waals surface area contributed by atoms with Crippen LogP contribution in [0.2, 0.25) is 0 Å². The first-order valence-electron chi connectivity index (χ1n) is 11.2. The lowest BCUT2D eigenvalue weighted by Crippen LogP contribution is -2.63. The van der Waals surface area contributed by atoms with Gasteiger partial charge in [-0.25, -0.2) is 4.79 Å². The quantitative estimate of drug-likeness (QED) is 0.474. The summed E-state index contributed by atoms with van der Waals surface area (Å²) in [5.74, 6) is 1.27. The van der Waals surface area contributed by atoms with Gasteiger partial charge in [-0.1, -0.05) is 13.8 Å². The number of carbonyl (C=O) groups excluding carboxylic acids is 1. The Bertz CT molecular complexity index is 732. The van der Waals surface area contributed by atoms with E-state index in [1.54, 1.807) is 6.08 Å². The van der Waals surface area contributed by atoms with Crippen molar-refractivity contribution >= 4 is 5.97 Å². The van der Waals surface area contributed by atoms with Crippen LogP contribution in [0.4, 0.5) is 0 Å². The molecule has 1 aliphatic heterocycles. The number of esters is 1. The van der Waals surface area contributed by atoms with Crippen LogP contribution < -0.4 is 5.73 Å². The number of nitrogens with two attached hydrogens (primary N) is 1. The second-order valence-corrected chi connectivity index (χ2v) is 11.1. The third-order valence-corrected chi connectivity index (χ3v) is 10.1. The topological polar surface area (TPSA) is 92.8 Å². The summed E-state index contributed by atoms with van der Waals surface area (Å²) in [6, 6.07) is 0. The fraction of sp³-hybridized carbons (Fsp3) is 0.870. The number of carbonyl (C=O) groups is 1. The predicted octanol–water partition coefficient (Wildman–Crippen LogP) is 2.89. The highest BCUT2D eigenvalue weighted by atomic mass is 16.5. The highest BCUT2D eigenvalue weighted by molar-refractivity contribution is 5.85. The molecule has 0 unspecified atom stereocenters. The molecular weight excluding hydrogens is 354 g/mol. The van der Waals surface area contributed by atoms with E-state index in [9.17, 15) is 15.0 Å². The number of cyclic esters (lactones) is 1. The Hall–Kier alpha value is -0.910. The molecule has 5 heteroatoms. The van der Waals surface area contributed by atoms with Crippen molar-refractivity contribution in [2.75, 3.05) is 6.61 Å². The van der Waals surface area contributed by atoms with Crippen LogP contribution in [0.3, 0.4) is 0 Å². The van der Waals surface area contributed by atoms with Crippen LogP contribution in [0.1, 0.15) is 71.6 Å². The molecule has 0 saturated heterocycles. The maximum absolute atomic E-state index is 12.1. The fourth-order valence-electron chi connectivity index (χ4n) is 8.43. The molecule has 1 heterocycles. The van der Waals surface area contributed by atoms with Crippen molar-refractivity contribution in [1.82, 2.24) is 0 Å². The molecule has 156 valence electrons. The van der Waals surface area contributed by atoms with E-state index in [1.807, 2.05) is 0 Å². The molecule has 0 spiro atoms. The Labute approximate surface area is 167 Å². The van der Waals surface area contributed by atoms with Gasteiger partial charge in [-0.3, -0.25) is 0 Å². The van der Waals surface area contributed by atoms with Crippen LogP contribution in [0.15, 0.2) is 11.6 Å². The molecule has 4 fully saturated rings. The summed E-state index contributed by atoms with van der Waals surface area (Å²) in [4.78, 5) is 11.6. The summed E-state index contributed by atoms with van der Waals surface area (Å²) in [6.45, 7) is 5.06. The van der Waals surface area contributed by atoms with Gasteiger partial charge in [0.1, 0.15) is 12.3 Å². The van der Waals surface area contributed by atoms with Crippen molar-refractivity contribution in [2.24, 2.45) is 40.2 Å². The van der Waals surface area contributed by atoms with Gasteiger partial charge in [-0.15, -0.1) is 0 Å². The maximum atomic E-state index is 12.1. The summed E-state index contributed by atoms with van der Waals surface area (Å²) >= 11 is 0. The monoisotopic (exact) mass is 389 g/mol. The Morgan fingerprint density at radius 2 is 1.82 bits per heavy atom. The molecule has 0 aromatic rings. The van der Waals surface area contributed by atoms with Gasteiger partial charge in [0.05, 0.1) is 5.60 Å². The van der Waals surface area contributed by atoms with E-state index >= 15 is 0 Å². The molecule has 0 aromatic carbocycles. The largest absolute Gasteiger partial charge is 0.458 e. The lowest BCUT2D eigenvalue weighted by molar-refractivity contribution is -0.214. The molecule has 28 heavy (non-hydrogen) atoms. The number of ether oxygens (including phenoxy) is 1. The average molecular weight is 390 g/mol. The van der Waals surface area contributed by atoms with E-state index in [1.165, 1.54) is 0 Å². The van der Waals surface area contributed by atoms with E-state index in [4.69, 9.17) is 10.5 Å². The minimum atomic E-state index is -1.02. The zero-order valence-corrected chi connectivity index (χ0v) is 17.2. The molecule has 0 bridgehead atoms. The van der Waals surface area contributed by atoms with Crippen molar-refractivity contribution in [3.05, 3.63) is 11.6 Å². The maximum Gasteiger partial charge on any atom is 0.331 e. The van der Waals surface area contributed by atoms with Crippen LogP contribution in [0.25, 0.3) is 0 Å². The third kappa shape index (κ3) is 2.39. The van der Waals surface area contributed by atoms with Crippen LogP contribution >= 0.6 is 0 Å². The summed E-state index contributed by atoms with van der Waals surface area (Å²) < 4.78 is 5.20. The zero-order valence-electron chi connectivity index (χ0n) is 17.2. The standard InChI is InChI=1S/C23H35NO4/c1-20-9-10-22(24,26)12-15(20)3-4-18-17(20)5-7-21(2)16(6-8-23(18,21)27)14-11-19(25)28-13-14/h11,15-18,26-27H,3-10,12-13,24H2,1-2H3/t15-,16-,17+,18-,20+,21-,22+,23+/m1/s1. The molecule has 4 N–H and O–H groups in total. The number of rotatable bonds is 1. The molecule has 4 saturated carbocycles. The van der Waals surface area contributed by atoms with Gasteiger partial charge in [0.25, 0.3) is 0 Å². The Morgan fingerprint density at radius 1 is 1.04 bits per heavy atom. The minimum absolute atomic E-state index is 0.162. The van der Waals surface area contributed by atoms with Crippen LogP contribution in [0, 0.1) is 34.5 Å². The van der Waals surface area contributed by atoms with E-state index in [2.05, 4.69) is 13.8 Å². The van der Waals surface area contributed by atoms with Gasteiger partial charge in [0.15, 0.2) is 0 Å². The van der Waals surface area contributed by atoms with Crippen molar-refractivity contribution in [2.45, 2.75) is 83.0 Å². The minimum Gasteiger partial charge on any atom is -0.458 e.